The van der Waals surface area contributed by atoms with Gasteiger partial charge < -0.3 is 15.2 Å². The highest BCUT2D eigenvalue weighted by Gasteiger charge is 2.20. The van der Waals surface area contributed by atoms with E-state index < -0.39 is 0 Å². The van der Waals surface area contributed by atoms with Crippen molar-refractivity contribution in [3.05, 3.63) is 24.0 Å². The van der Waals surface area contributed by atoms with E-state index >= 15 is 0 Å². The molecule has 1 atom stereocenters. The van der Waals surface area contributed by atoms with E-state index in [1.165, 1.54) is 12.3 Å². The molecule has 1 aromatic heterocycles. The summed E-state index contributed by atoms with van der Waals surface area (Å²) in [5.74, 6) is -0.491. The Balaban J connectivity index is 1.85. The predicted molar refractivity (Wildman–Crippen MR) is 70.1 cm³/mol. The zero-order chi connectivity index (χ0) is 13.7. The van der Waals surface area contributed by atoms with E-state index in [4.69, 9.17) is 4.74 Å². The normalized spacial score (nSPS) is 20.2. The summed E-state index contributed by atoms with van der Waals surface area (Å²) in [5.41, 5.74) is 0.0469. The van der Waals surface area contributed by atoms with Gasteiger partial charge in [0, 0.05) is 25.8 Å². The smallest absolute Gasteiger partial charge is 0.273 e. The number of aromatic nitrogens is 1. The number of nitrogens with one attached hydrogen (secondary N) is 1. The van der Waals surface area contributed by atoms with E-state index in [1.807, 2.05) is 0 Å². The van der Waals surface area contributed by atoms with Crippen molar-refractivity contribution in [2.45, 2.75) is 13.0 Å². The van der Waals surface area contributed by atoms with Crippen LogP contribution >= 0.6 is 0 Å². The molecule has 0 aromatic carbocycles. The van der Waals surface area contributed by atoms with E-state index in [2.05, 4.69) is 22.1 Å². The molecule has 1 aliphatic heterocycles. The third-order valence-corrected chi connectivity index (χ3v) is 3.16. The van der Waals surface area contributed by atoms with Crippen molar-refractivity contribution < 1.29 is 14.6 Å². The maximum Gasteiger partial charge on any atom is 0.273 e. The van der Waals surface area contributed by atoms with Gasteiger partial charge in [-0.3, -0.25) is 9.69 Å². The van der Waals surface area contributed by atoms with E-state index in [9.17, 15) is 9.90 Å². The van der Waals surface area contributed by atoms with Gasteiger partial charge in [-0.15, -0.1) is 0 Å². The Kier molecular flexibility index (Phi) is 4.70. The van der Waals surface area contributed by atoms with Crippen LogP contribution in [0.25, 0.3) is 0 Å². The molecule has 1 aromatic rings. The molecule has 1 aliphatic rings. The molecule has 104 valence electrons. The van der Waals surface area contributed by atoms with Crippen molar-refractivity contribution in [3.63, 3.8) is 0 Å². The average molecular weight is 265 g/mol. The Morgan fingerprint density at radius 3 is 3.26 bits per heavy atom. The highest BCUT2D eigenvalue weighted by atomic mass is 16.5. The number of rotatable bonds is 4. The number of amides is 1. The van der Waals surface area contributed by atoms with Gasteiger partial charge in [0.2, 0.25) is 0 Å². The Bertz CT molecular complexity index is 439. The van der Waals surface area contributed by atoms with Gasteiger partial charge in [-0.2, -0.15) is 0 Å². The summed E-state index contributed by atoms with van der Waals surface area (Å²) < 4.78 is 5.59. The molecule has 0 bridgehead atoms. The third kappa shape index (κ3) is 3.65. The molecule has 6 nitrogen and oxygen atoms in total. The molecule has 1 fully saturated rings. The first-order valence-corrected chi connectivity index (χ1v) is 6.47. The minimum absolute atomic E-state index is 0.0106. The topological polar surface area (TPSA) is 74.7 Å². The van der Waals surface area contributed by atoms with Crippen LogP contribution in [0.2, 0.25) is 0 Å². The maximum absolute atomic E-state index is 11.9. The second-order valence-electron chi connectivity index (χ2n) is 4.47. The SMILES string of the molecule is CCN1CCOC(CNC(=O)c2ncccc2O)C1. The Labute approximate surface area is 112 Å². The standard InChI is InChI=1S/C13H19N3O3/c1-2-16-6-7-19-10(9-16)8-15-13(18)12-11(17)4-3-5-14-12/h3-5,10,17H,2,6-9H2,1H3,(H,15,18). The van der Waals surface area contributed by atoms with E-state index in [0.717, 1.165) is 19.6 Å². The van der Waals surface area contributed by atoms with Gasteiger partial charge >= 0.3 is 0 Å². The van der Waals surface area contributed by atoms with Gasteiger partial charge in [0.15, 0.2) is 5.69 Å². The van der Waals surface area contributed by atoms with Crippen molar-refractivity contribution in [1.82, 2.24) is 15.2 Å². The fraction of sp³-hybridized carbons (Fsp3) is 0.538. The van der Waals surface area contributed by atoms with Gasteiger partial charge in [-0.25, -0.2) is 4.98 Å². The van der Waals surface area contributed by atoms with E-state index in [0.29, 0.717) is 13.2 Å². The molecule has 6 heteroatoms. The van der Waals surface area contributed by atoms with Crippen molar-refractivity contribution in [3.8, 4) is 5.75 Å². The van der Waals surface area contributed by atoms with Crippen LogP contribution < -0.4 is 5.32 Å². The number of hydrogen-bond acceptors (Lipinski definition) is 5. The summed E-state index contributed by atoms with van der Waals surface area (Å²) in [4.78, 5) is 18.0. The van der Waals surface area contributed by atoms with Crippen molar-refractivity contribution >= 4 is 5.91 Å². The molecule has 2 heterocycles. The van der Waals surface area contributed by atoms with Gasteiger partial charge in [0.05, 0.1) is 12.7 Å². The lowest BCUT2D eigenvalue weighted by Crippen LogP contribution is -2.47. The first-order valence-electron chi connectivity index (χ1n) is 6.47. The molecular formula is C13H19N3O3. The van der Waals surface area contributed by atoms with E-state index in [-0.39, 0.29) is 23.5 Å². The number of pyridine rings is 1. The Hall–Kier alpha value is -1.66. The monoisotopic (exact) mass is 265 g/mol. The molecule has 2 rings (SSSR count). The highest BCUT2D eigenvalue weighted by molar-refractivity contribution is 5.94. The summed E-state index contributed by atoms with van der Waals surface area (Å²) in [6.07, 6.45) is 1.47. The molecule has 0 aliphatic carbocycles. The molecule has 2 N–H and O–H groups in total. The van der Waals surface area contributed by atoms with Gasteiger partial charge in [-0.05, 0) is 18.7 Å². The number of carbonyl (C=O) groups excluding carboxylic acids is 1. The fourth-order valence-electron chi connectivity index (χ4n) is 2.05. The first kappa shape index (κ1) is 13.8. The molecule has 0 saturated carbocycles. The quantitative estimate of drug-likeness (QED) is 0.815. The highest BCUT2D eigenvalue weighted by Crippen LogP contribution is 2.12. The number of ether oxygens (including phenoxy) is 1. The number of carbonyl (C=O) groups is 1. The van der Waals surface area contributed by atoms with Crippen LogP contribution in [0, 0.1) is 0 Å². The van der Waals surface area contributed by atoms with Gasteiger partial charge in [0.25, 0.3) is 5.91 Å². The largest absolute Gasteiger partial charge is 0.505 e. The first-order chi connectivity index (χ1) is 9.20. The molecule has 0 radical (unpaired) electrons. The molecule has 1 amide bonds. The van der Waals surface area contributed by atoms with Crippen LogP contribution in [0.1, 0.15) is 17.4 Å². The minimum Gasteiger partial charge on any atom is -0.505 e. The summed E-state index contributed by atoms with van der Waals surface area (Å²) in [5, 5.41) is 12.3. The predicted octanol–water partition coefficient (Wildman–Crippen LogP) is 0.238. The van der Waals surface area contributed by atoms with Crippen LogP contribution in [-0.4, -0.2) is 59.8 Å². The summed E-state index contributed by atoms with van der Waals surface area (Å²) >= 11 is 0. The third-order valence-electron chi connectivity index (χ3n) is 3.16. The molecular weight excluding hydrogens is 246 g/mol. The zero-order valence-electron chi connectivity index (χ0n) is 11.0. The second kappa shape index (κ2) is 6.49. The minimum atomic E-state index is -0.379. The number of morpholine rings is 1. The fourth-order valence-corrected chi connectivity index (χ4v) is 2.05. The lowest BCUT2D eigenvalue weighted by atomic mass is 10.2. The van der Waals surface area contributed by atoms with Gasteiger partial charge in [0.1, 0.15) is 5.75 Å². The number of aromatic hydroxyl groups is 1. The summed E-state index contributed by atoms with van der Waals surface area (Å²) in [6.45, 7) is 5.93. The molecule has 19 heavy (non-hydrogen) atoms. The zero-order valence-corrected chi connectivity index (χ0v) is 11.0. The van der Waals surface area contributed by atoms with Crippen LogP contribution in [0.15, 0.2) is 18.3 Å². The Morgan fingerprint density at radius 1 is 1.68 bits per heavy atom. The van der Waals surface area contributed by atoms with Crippen molar-refractivity contribution in [1.29, 1.82) is 0 Å². The molecule has 0 spiro atoms. The van der Waals surface area contributed by atoms with Crippen molar-refractivity contribution in [2.24, 2.45) is 0 Å². The van der Waals surface area contributed by atoms with Crippen LogP contribution in [0.4, 0.5) is 0 Å². The summed E-state index contributed by atoms with van der Waals surface area (Å²) in [7, 11) is 0. The number of nitrogens with zero attached hydrogens (tertiary/aromatic N) is 2. The van der Waals surface area contributed by atoms with Gasteiger partial charge in [-0.1, -0.05) is 6.92 Å². The van der Waals surface area contributed by atoms with Crippen LogP contribution in [0.3, 0.4) is 0 Å². The van der Waals surface area contributed by atoms with E-state index in [1.54, 1.807) is 6.07 Å². The van der Waals surface area contributed by atoms with Crippen molar-refractivity contribution in [2.75, 3.05) is 32.8 Å². The summed E-state index contributed by atoms with van der Waals surface area (Å²) in [6, 6.07) is 3.02. The van der Waals surface area contributed by atoms with Crippen LogP contribution in [0.5, 0.6) is 5.75 Å². The molecule has 1 saturated heterocycles. The lowest BCUT2D eigenvalue weighted by molar-refractivity contribution is -0.0246. The van der Waals surface area contributed by atoms with Crippen LogP contribution in [-0.2, 0) is 4.74 Å². The Morgan fingerprint density at radius 2 is 2.53 bits per heavy atom. The number of likely N-dealkylation sites (N-methyl/N-ethyl adjacent to an activating group) is 1. The lowest BCUT2D eigenvalue weighted by Gasteiger charge is -2.32. The molecule has 1 unspecified atom stereocenters. The average Bonchev–Trinajstić information content (AvgIpc) is 2.45. The second-order valence-corrected chi connectivity index (χ2v) is 4.47. The maximum atomic E-state index is 11.9. The number of hydrogen-bond donors (Lipinski definition) is 2.